The number of anilines is 1. The molecule has 6 heteroatoms. The van der Waals surface area contributed by atoms with Gasteiger partial charge in [0.1, 0.15) is 17.3 Å². The number of hydrogen-bond acceptors (Lipinski definition) is 4. The van der Waals surface area contributed by atoms with E-state index in [0.29, 0.717) is 28.9 Å². The van der Waals surface area contributed by atoms with Gasteiger partial charge in [-0.3, -0.25) is 4.79 Å². The molecule has 1 aromatic carbocycles. The molecule has 2 N–H and O–H groups in total. The molecule has 1 aliphatic heterocycles. The van der Waals surface area contributed by atoms with E-state index in [-0.39, 0.29) is 12.3 Å². The Morgan fingerprint density at radius 3 is 2.00 bits per heavy atom. The van der Waals surface area contributed by atoms with Crippen molar-refractivity contribution in [1.82, 2.24) is 0 Å². The van der Waals surface area contributed by atoms with E-state index in [1.54, 1.807) is 18.2 Å². The average Bonchev–Trinajstić information content (AvgIpc) is 3.09. The van der Waals surface area contributed by atoms with Crippen LogP contribution < -0.4 is 15.5 Å². The fourth-order valence-corrected chi connectivity index (χ4v) is 4.06. The second kappa shape index (κ2) is 15.1. The fraction of sp³-hybridized carbons (Fsp3) is 0.680. The number of unbranched alkanes of at least 4 members (excludes halogenated alkanes) is 13. The van der Waals surface area contributed by atoms with Crippen molar-refractivity contribution >= 4 is 29.0 Å². The number of carbonyl (C=O) groups excluding carboxylic acids is 1. The summed E-state index contributed by atoms with van der Waals surface area (Å²) in [5.74, 6) is 0.759. The number of halogens is 1. The minimum atomic E-state index is -0.166. The van der Waals surface area contributed by atoms with Crippen molar-refractivity contribution in [3.05, 3.63) is 23.2 Å². The van der Waals surface area contributed by atoms with Crippen molar-refractivity contribution < 1.29 is 9.53 Å². The summed E-state index contributed by atoms with van der Waals surface area (Å²) in [6, 6.07) is 5.25. The number of hydrazone groups is 1. The van der Waals surface area contributed by atoms with Crippen LogP contribution in [0.2, 0.25) is 5.02 Å². The molecule has 1 aliphatic rings. The summed E-state index contributed by atoms with van der Waals surface area (Å²) in [7, 11) is 0. The molecular weight excluding hydrogens is 410 g/mol. The first-order chi connectivity index (χ1) is 15.1. The lowest BCUT2D eigenvalue weighted by atomic mass is 10.0. The number of nitrogens with zero attached hydrogens (tertiary/aromatic N) is 2. The number of amides is 1. The van der Waals surface area contributed by atoms with Gasteiger partial charge >= 0.3 is 0 Å². The van der Waals surface area contributed by atoms with Crippen LogP contribution >= 0.6 is 11.6 Å². The first-order valence-electron chi connectivity index (χ1n) is 12.2. The van der Waals surface area contributed by atoms with Crippen LogP contribution in [0.15, 0.2) is 23.3 Å². The standard InChI is InChI=1S/C25H40ClN3O2/c1-2-3-4-5-6-7-8-9-10-11-12-13-14-15-18-31-23-17-16-21(26)19-22(23)29-25(30)20-24(27)28-29/h16-17,19H,2-15,18,20H2,1H3,(H2,27,28). The summed E-state index contributed by atoms with van der Waals surface area (Å²) >= 11 is 6.10. The number of rotatable bonds is 17. The smallest absolute Gasteiger partial charge is 0.255 e. The SMILES string of the molecule is CCCCCCCCCCCCCCCCOc1ccc(Cl)cc1N1N=C(N)CC1=O. The first kappa shape index (κ1) is 25.5. The van der Waals surface area contributed by atoms with E-state index in [9.17, 15) is 4.79 Å². The molecule has 2 rings (SSSR count). The van der Waals surface area contributed by atoms with Crippen LogP contribution in [0.1, 0.15) is 103 Å². The number of nitrogens with two attached hydrogens (primary N) is 1. The maximum atomic E-state index is 12.1. The summed E-state index contributed by atoms with van der Waals surface area (Å²) in [4.78, 5) is 12.1. The molecule has 0 radical (unpaired) electrons. The highest BCUT2D eigenvalue weighted by molar-refractivity contribution is 6.31. The molecule has 5 nitrogen and oxygen atoms in total. The molecule has 1 heterocycles. The van der Waals surface area contributed by atoms with E-state index in [1.165, 1.54) is 82.1 Å². The maximum absolute atomic E-state index is 12.1. The van der Waals surface area contributed by atoms with Gasteiger partial charge in [-0.15, -0.1) is 0 Å². The van der Waals surface area contributed by atoms with E-state index in [1.807, 2.05) is 0 Å². The van der Waals surface area contributed by atoms with Crippen LogP contribution in [0.25, 0.3) is 0 Å². The molecule has 0 saturated carbocycles. The Labute approximate surface area is 193 Å². The first-order valence-corrected chi connectivity index (χ1v) is 12.6. The van der Waals surface area contributed by atoms with Gasteiger partial charge in [-0.2, -0.15) is 10.1 Å². The van der Waals surface area contributed by atoms with Crippen LogP contribution in [-0.2, 0) is 4.79 Å². The van der Waals surface area contributed by atoms with Crippen molar-refractivity contribution in [1.29, 1.82) is 0 Å². The number of hydrogen-bond donors (Lipinski definition) is 1. The molecule has 0 spiro atoms. The summed E-state index contributed by atoms with van der Waals surface area (Å²) in [5.41, 5.74) is 6.25. The highest BCUT2D eigenvalue weighted by atomic mass is 35.5. The zero-order valence-electron chi connectivity index (χ0n) is 19.2. The highest BCUT2D eigenvalue weighted by Crippen LogP contribution is 2.33. The average molecular weight is 450 g/mol. The van der Waals surface area contributed by atoms with Crippen molar-refractivity contribution in [2.45, 2.75) is 103 Å². The number of ether oxygens (including phenoxy) is 1. The van der Waals surface area contributed by atoms with Crippen LogP contribution in [0, 0.1) is 0 Å². The maximum Gasteiger partial charge on any atom is 0.255 e. The molecule has 0 aliphatic carbocycles. The van der Waals surface area contributed by atoms with E-state index >= 15 is 0 Å². The highest BCUT2D eigenvalue weighted by Gasteiger charge is 2.26. The minimum absolute atomic E-state index is 0.130. The molecule has 0 unspecified atom stereocenters. The van der Waals surface area contributed by atoms with Gasteiger partial charge < -0.3 is 10.5 Å². The summed E-state index contributed by atoms with van der Waals surface area (Å²) in [6.45, 7) is 2.89. The third kappa shape index (κ3) is 9.94. The monoisotopic (exact) mass is 449 g/mol. The van der Waals surface area contributed by atoms with E-state index < -0.39 is 0 Å². The van der Waals surface area contributed by atoms with Gasteiger partial charge in [-0.05, 0) is 24.6 Å². The lowest BCUT2D eigenvalue weighted by Gasteiger charge is -2.17. The predicted molar refractivity (Wildman–Crippen MR) is 131 cm³/mol. The van der Waals surface area contributed by atoms with Gasteiger partial charge in [0.2, 0.25) is 0 Å². The molecule has 31 heavy (non-hydrogen) atoms. The summed E-state index contributed by atoms with van der Waals surface area (Å²) in [6.07, 6.45) is 18.7. The van der Waals surface area contributed by atoms with E-state index in [2.05, 4.69) is 12.0 Å². The van der Waals surface area contributed by atoms with Crippen molar-refractivity contribution in [2.75, 3.05) is 11.6 Å². The second-order valence-electron chi connectivity index (χ2n) is 8.53. The molecule has 1 aromatic rings. The Morgan fingerprint density at radius 1 is 0.935 bits per heavy atom. The number of carbonyl (C=O) groups is 1. The van der Waals surface area contributed by atoms with Gasteiger partial charge in [0.25, 0.3) is 5.91 Å². The van der Waals surface area contributed by atoms with Crippen molar-refractivity contribution in [2.24, 2.45) is 10.8 Å². The van der Waals surface area contributed by atoms with Crippen LogP contribution in [0.3, 0.4) is 0 Å². The van der Waals surface area contributed by atoms with Crippen LogP contribution in [0.4, 0.5) is 5.69 Å². The third-order valence-electron chi connectivity index (χ3n) is 5.70. The topological polar surface area (TPSA) is 67.9 Å². The zero-order chi connectivity index (χ0) is 22.3. The van der Waals surface area contributed by atoms with E-state index in [0.717, 1.165) is 12.8 Å². The Morgan fingerprint density at radius 2 is 1.48 bits per heavy atom. The fourth-order valence-electron chi connectivity index (χ4n) is 3.89. The van der Waals surface area contributed by atoms with Gasteiger partial charge in [0.05, 0.1) is 13.0 Å². The van der Waals surface area contributed by atoms with Gasteiger partial charge in [-0.25, -0.2) is 0 Å². The predicted octanol–water partition coefficient (Wildman–Crippen LogP) is 7.21. The Hall–Kier alpha value is -1.75. The Balaban J connectivity index is 1.52. The van der Waals surface area contributed by atoms with Crippen LogP contribution in [-0.4, -0.2) is 18.3 Å². The van der Waals surface area contributed by atoms with Gasteiger partial charge in [0, 0.05) is 5.02 Å². The molecule has 0 aromatic heterocycles. The lowest BCUT2D eigenvalue weighted by Crippen LogP contribution is -2.20. The Kier molecular flexibility index (Phi) is 12.4. The second-order valence-corrected chi connectivity index (χ2v) is 8.97. The van der Waals surface area contributed by atoms with Gasteiger partial charge in [-0.1, -0.05) is 102 Å². The quantitative estimate of drug-likeness (QED) is 0.255. The number of amidine groups is 1. The molecule has 0 fully saturated rings. The summed E-state index contributed by atoms with van der Waals surface area (Å²) < 4.78 is 5.93. The molecule has 0 bridgehead atoms. The number of benzene rings is 1. The molecule has 1 amide bonds. The van der Waals surface area contributed by atoms with Crippen molar-refractivity contribution in [3.8, 4) is 5.75 Å². The molecule has 0 saturated heterocycles. The van der Waals surface area contributed by atoms with E-state index in [4.69, 9.17) is 22.1 Å². The zero-order valence-corrected chi connectivity index (χ0v) is 20.0. The van der Waals surface area contributed by atoms with Crippen molar-refractivity contribution in [3.63, 3.8) is 0 Å². The Bertz CT molecular complexity index is 693. The normalized spacial score (nSPS) is 13.7. The molecular formula is C25H40ClN3O2. The molecule has 174 valence electrons. The largest absolute Gasteiger partial charge is 0.491 e. The lowest BCUT2D eigenvalue weighted by molar-refractivity contribution is -0.116. The summed E-state index contributed by atoms with van der Waals surface area (Å²) in [5, 5.41) is 5.93. The molecule has 0 atom stereocenters. The van der Waals surface area contributed by atoms with Crippen LogP contribution in [0.5, 0.6) is 5.75 Å². The van der Waals surface area contributed by atoms with Gasteiger partial charge in [0.15, 0.2) is 0 Å². The third-order valence-corrected chi connectivity index (χ3v) is 5.94. The minimum Gasteiger partial charge on any atom is -0.491 e.